The molecule has 0 amide bonds. The molecule has 1 saturated heterocycles. The lowest BCUT2D eigenvalue weighted by Gasteiger charge is -2.37. The highest BCUT2D eigenvalue weighted by Gasteiger charge is 2.54. The van der Waals surface area contributed by atoms with Crippen LogP contribution in [0.4, 0.5) is 0 Å². The summed E-state index contributed by atoms with van der Waals surface area (Å²) >= 11 is 0. The summed E-state index contributed by atoms with van der Waals surface area (Å²) in [6, 6.07) is 0. The number of carbonyl (C=O) groups excluding carboxylic acids is 1. The molecular weight excluding hydrogens is 236 g/mol. The topological polar surface area (TPSA) is 72.8 Å². The number of carbonyl (C=O) groups is 2. The van der Waals surface area contributed by atoms with E-state index in [0.29, 0.717) is 5.92 Å². The zero-order valence-corrected chi connectivity index (χ0v) is 11.1. The maximum absolute atomic E-state index is 11.5. The van der Waals surface area contributed by atoms with E-state index in [9.17, 15) is 9.59 Å². The molecule has 0 radical (unpaired) electrons. The molecule has 3 atom stereocenters. The summed E-state index contributed by atoms with van der Waals surface area (Å²) < 4.78 is 11.3. The Morgan fingerprint density at radius 2 is 2.06 bits per heavy atom. The third-order valence-electron chi connectivity index (χ3n) is 4.24. The van der Waals surface area contributed by atoms with Gasteiger partial charge in [0.05, 0.1) is 11.7 Å². The first kappa shape index (κ1) is 13.3. The third-order valence-corrected chi connectivity index (χ3v) is 4.24. The molecule has 5 heteroatoms. The second-order valence-electron chi connectivity index (χ2n) is 6.04. The van der Waals surface area contributed by atoms with Crippen molar-refractivity contribution in [3.63, 3.8) is 0 Å². The lowest BCUT2D eigenvalue weighted by atomic mass is 9.75. The average Bonchev–Trinajstić information content (AvgIpc) is 2.45. The molecule has 2 bridgehead atoms. The van der Waals surface area contributed by atoms with Gasteiger partial charge in [-0.05, 0) is 46.0 Å². The molecular formula is C13H20O5. The van der Waals surface area contributed by atoms with Crippen molar-refractivity contribution >= 4 is 11.9 Å². The van der Waals surface area contributed by atoms with E-state index in [4.69, 9.17) is 14.6 Å². The average molecular weight is 256 g/mol. The van der Waals surface area contributed by atoms with Crippen LogP contribution in [0.3, 0.4) is 0 Å². The van der Waals surface area contributed by atoms with E-state index in [1.54, 1.807) is 0 Å². The molecule has 5 nitrogen and oxygen atoms in total. The molecule has 2 fully saturated rings. The number of carboxylic acid groups (broad SMARTS) is 1. The summed E-state index contributed by atoms with van der Waals surface area (Å²) in [5.74, 6) is -1.35. The van der Waals surface area contributed by atoms with Gasteiger partial charge in [0.25, 0.3) is 0 Å². The van der Waals surface area contributed by atoms with Crippen molar-refractivity contribution in [1.29, 1.82) is 0 Å². The number of esters is 1. The van der Waals surface area contributed by atoms with Gasteiger partial charge in [0.2, 0.25) is 0 Å². The van der Waals surface area contributed by atoms with Gasteiger partial charge in [-0.1, -0.05) is 0 Å². The number of fused-ring (bicyclic) bond motifs is 2. The molecule has 0 spiro atoms. The van der Waals surface area contributed by atoms with Crippen LogP contribution in [0.25, 0.3) is 0 Å². The van der Waals surface area contributed by atoms with Crippen LogP contribution in [0, 0.1) is 5.92 Å². The van der Waals surface area contributed by atoms with Crippen molar-refractivity contribution < 1.29 is 24.2 Å². The van der Waals surface area contributed by atoms with Gasteiger partial charge in [0, 0.05) is 0 Å². The highest BCUT2D eigenvalue weighted by molar-refractivity contribution is 5.90. The van der Waals surface area contributed by atoms with E-state index in [1.807, 2.05) is 6.92 Å². The summed E-state index contributed by atoms with van der Waals surface area (Å²) in [6.45, 7) is 5.96. The van der Waals surface area contributed by atoms with Crippen LogP contribution >= 0.6 is 0 Å². The van der Waals surface area contributed by atoms with Crippen molar-refractivity contribution in [1.82, 2.24) is 0 Å². The quantitative estimate of drug-likeness (QED) is 0.615. The van der Waals surface area contributed by atoms with Crippen molar-refractivity contribution in [2.75, 3.05) is 0 Å². The van der Waals surface area contributed by atoms with Crippen molar-refractivity contribution in [2.45, 2.75) is 63.8 Å². The second kappa shape index (κ2) is 4.23. The molecule has 2 aliphatic rings. The molecule has 0 aromatic heterocycles. The largest absolute Gasteiger partial charge is 0.481 e. The van der Waals surface area contributed by atoms with E-state index in [2.05, 4.69) is 13.8 Å². The lowest BCUT2D eigenvalue weighted by Crippen LogP contribution is -2.45. The Balaban J connectivity index is 2.04. The van der Waals surface area contributed by atoms with Crippen LogP contribution in [-0.4, -0.2) is 34.4 Å². The predicted octanol–water partition coefficient (Wildman–Crippen LogP) is 1.74. The number of aliphatic carboxylic acids is 1. The van der Waals surface area contributed by atoms with E-state index < -0.39 is 24.0 Å². The SMILES string of the molecule is CC1(C)O[C@@H]2C[C@H]1CC[C@@]2(C)OC(=O)CC(=O)O. The minimum atomic E-state index is -1.16. The monoisotopic (exact) mass is 256 g/mol. The van der Waals surface area contributed by atoms with Crippen molar-refractivity contribution in [3.8, 4) is 0 Å². The molecule has 18 heavy (non-hydrogen) atoms. The molecule has 0 aromatic carbocycles. The number of hydrogen-bond donors (Lipinski definition) is 1. The fourth-order valence-electron chi connectivity index (χ4n) is 3.05. The predicted molar refractivity (Wildman–Crippen MR) is 63.0 cm³/mol. The summed E-state index contributed by atoms with van der Waals surface area (Å²) in [7, 11) is 0. The van der Waals surface area contributed by atoms with Crippen LogP contribution in [0.1, 0.15) is 46.5 Å². The van der Waals surface area contributed by atoms with E-state index in [-0.39, 0.29) is 11.7 Å². The fraction of sp³-hybridized carbons (Fsp3) is 0.846. The normalized spacial score (nSPS) is 37.3. The van der Waals surface area contributed by atoms with Crippen LogP contribution in [0.15, 0.2) is 0 Å². The first-order chi connectivity index (χ1) is 8.23. The van der Waals surface area contributed by atoms with Gasteiger partial charge in [0.15, 0.2) is 0 Å². The maximum atomic E-state index is 11.5. The highest BCUT2D eigenvalue weighted by Crippen LogP contribution is 2.49. The van der Waals surface area contributed by atoms with Gasteiger partial charge in [-0.2, -0.15) is 0 Å². The van der Waals surface area contributed by atoms with Gasteiger partial charge in [-0.3, -0.25) is 9.59 Å². The lowest BCUT2D eigenvalue weighted by molar-refractivity contribution is -0.180. The number of hydrogen-bond acceptors (Lipinski definition) is 4. The Kier molecular flexibility index (Phi) is 3.13. The summed E-state index contributed by atoms with van der Waals surface area (Å²) in [5.41, 5.74) is -0.863. The number of ether oxygens (including phenoxy) is 2. The minimum Gasteiger partial charge on any atom is -0.481 e. The molecule has 0 aromatic rings. The Morgan fingerprint density at radius 1 is 1.39 bits per heavy atom. The maximum Gasteiger partial charge on any atom is 0.317 e. The summed E-state index contributed by atoms with van der Waals surface area (Å²) in [4.78, 5) is 22.0. The Hall–Kier alpha value is -1.10. The van der Waals surface area contributed by atoms with Gasteiger partial charge >= 0.3 is 11.9 Å². The van der Waals surface area contributed by atoms with Crippen LogP contribution in [0.2, 0.25) is 0 Å². The second-order valence-corrected chi connectivity index (χ2v) is 6.04. The van der Waals surface area contributed by atoms with Crippen molar-refractivity contribution in [3.05, 3.63) is 0 Å². The van der Waals surface area contributed by atoms with E-state index in [1.165, 1.54) is 0 Å². The molecule has 1 aliphatic heterocycles. The first-order valence-corrected chi connectivity index (χ1v) is 6.34. The Morgan fingerprint density at radius 3 is 2.67 bits per heavy atom. The smallest absolute Gasteiger partial charge is 0.317 e. The summed E-state index contributed by atoms with van der Waals surface area (Å²) in [6.07, 6.45) is 1.85. The number of rotatable bonds is 3. The summed E-state index contributed by atoms with van der Waals surface area (Å²) in [5, 5.41) is 8.58. The minimum absolute atomic E-state index is 0.121. The van der Waals surface area contributed by atoms with Crippen LogP contribution < -0.4 is 0 Å². The van der Waals surface area contributed by atoms with Crippen LogP contribution in [-0.2, 0) is 19.1 Å². The molecule has 2 rings (SSSR count). The standard InChI is InChI=1S/C13H20O5/c1-12(2)8-4-5-13(3,9(6-8)17-12)18-11(16)7-10(14)15/h8-9H,4-7H2,1-3H3,(H,14,15)/t8-,9-,13-/m1/s1. The Bertz CT molecular complexity index is 376. The molecule has 1 N–H and O–H groups in total. The zero-order valence-electron chi connectivity index (χ0n) is 11.1. The van der Waals surface area contributed by atoms with E-state index in [0.717, 1.165) is 19.3 Å². The van der Waals surface area contributed by atoms with Gasteiger partial charge < -0.3 is 14.6 Å². The van der Waals surface area contributed by atoms with Gasteiger partial charge in [-0.25, -0.2) is 0 Å². The molecule has 1 heterocycles. The molecule has 102 valence electrons. The zero-order chi connectivity index (χ0) is 13.6. The molecule has 1 saturated carbocycles. The highest BCUT2D eigenvalue weighted by atomic mass is 16.6. The molecule has 0 unspecified atom stereocenters. The first-order valence-electron chi connectivity index (χ1n) is 6.34. The fourth-order valence-corrected chi connectivity index (χ4v) is 3.05. The number of carboxylic acids is 1. The third kappa shape index (κ3) is 2.36. The Labute approximate surface area is 106 Å². The van der Waals surface area contributed by atoms with Crippen molar-refractivity contribution in [2.24, 2.45) is 5.92 Å². The van der Waals surface area contributed by atoms with Crippen LogP contribution in [0.5, 0.6) is 0 Å². The van der Waals surface area contributed by atoms with Gasteiger partial charge in [0.1, 0.15) is 12.0 Å². The van der Waals surface area contributed by atoms with Gasteiger partial charge in [-0.15, -0.1) is 0 Å². The van der Waals surface area contributed by atoms with E-state index >= 15 is 0 Å². The molecule has 1 aliphatic carbocycles.